The van der Waals surface area contributed by atoms with Crippen LogP contribution in [0.25, 0.3) is 0 Å². The average Bonchev–Trinajstić information content (AvgIpc) is 2.76. The number of hydrogen-bond donors (Lipinski definition) is 0. The van der Waals surface area contributed by atoms with Crippen molar-refractivity contribution in [3.8, 4) is 11.6 Å². The summed E-state index contributed by atoms with van der Waals surface area (Å²) in [5, 5.41) is 7.45. The molecule has 0 saturated heterocycles. The molecule has 2 rings (SSSR count). The molecule has 0 spiro atoms. The highest BCUT2D eigenvalue weighted by Crippen LogP contribution is 2.20. The Bertz CT molecular complexity index is 534. The maximum atomic E-state index is 11.4. The number of rotatable bonds is 4. The fourth-order valence-corrected chi connectivity index (χ4v) is 1.37. The van der Waals surface area contributed by atoms with Crippen molar-refractivity contribution in [2.45, 2.75) is 6.92 Å². The fourth-order valence-electron chi connectivity index (χ4n) is 1.37. The van der Waals surface area contributed by atoms with Gasteiger partial charge in [-0.3, -0.25) is 0 Å². The molecule has 0 radical (unpaired) electrons. The standard InChI is InChI=1S/C12H13N3O3/c1-3-17-12(16)9-4-6-10(7-5-9)18-11-8-13-14-15(11)2/h4-8H,3H2,1-2H3. The van der Waals surface area contributed by atoms with E-state index in [1.165, 1.54) is 10.9 Å². The van der Waals surface area contributed by atoms with Crippen LogP contribution in [-0.2, 0) is 11.8 Å². The van der Waals surface area contributed by atoms with Gasteiger partial charge in [0, 0.05) is 7.05 Å². The molecule has 6 nitrogen and oxygen atoms in total. The van der Waals surface area contributed by atoms with Crippen molar-refractivity contribution < 1.29 is 14.3 Å². The summed E-state index contributed by atoms with van der Waals surface area (Å²) in [6.45, 7) is 2.13. The van der Waals surface area contributed by atoms with Gasteiger partial charge in [0.1, 0.15) is 11.9 Å². The third kappa shape index (κ3) is 2.65. The minimum Gasteiger partial charge on any atom is -0.462 e. The Morgan fingerprint density at radius 1 is 1.33 bits per heavy atom. The predicted octanol–water partition coefficient (Wildman–Crippen LogP) is 1.78. The van der Waals surface area contributed by atoms with Gasteiger partial charge in [-0.05, 0) is 31.2 Å². The molecule has 0 bridgehead atoms. The van der Waals surface area contributed by atoms with Gasteiger partial charge in [0.2, 0.25) is 5.88 Å². The largest absolute Gasteiger partial charge is 0.462 e. The monoisotopic (exact) mass is 247 g/mol. The van der Waals surface area contributed by atoms with E-state index in [4.69, 9.17) is 9.47 Å². The molecule has 0 aliphatic rings. The van der Waals surface area contributed by atoms with Crippen LogP contribution in [0.15, 0.2) is 30.5 Å². The maximum absolute atomic E-state index is 11.4. The Hall–Kier alpha value is -2.37. The van der Waals surface area contributed by atoms with Crippen LogP contribution in [0, 0.1) is 0 Å². The first-order valence-corrected chi connectivity index (χ1v) is 5.50. The van der Waals surface area contributed by atoms with Crippen molar-refractivity contribution in [1.82, 2.24) is 15.0 Å². The topological polar surface area (TPSA) is 66.2 Å². The van der Waals surface area contributed by atoms with Crippen molar-refractivity contribution in [3.05, 3.63) is 36.0 Å². The van der Waals surface area contributed by atoms with Crippen LogP contribution in [0.4, 0.5) is 0 Å². The van der Waals surface area contributed by atoms with Crippen LogP contribution in [0.2, 0.25) is 0 Å². The van der Waals surface area contributed by atoms with Crippen LogP contribution in [0.5, 0.6) is 11.6 Å². The molecule has 0 amide bonds. The van der Waals surface area contributed by atoms with Gasteiger partial charge in [-0.1, -0.05) is 5.21 Å². The predicted molar refractivity (Wildman–Crippen MR) is 63.5 cm³/mol. The molecule has 0 unspecified atom stereocenters. The number of hydrogen-bond acceptors (Lipinski definition) is 5. The van der Waals surface area contributed by atoms with E-state index >= 15 is 0 Å². The molecule has 6 heteroatoms. The van der Waals surface area contributed by atoms with E-state index in [1.54, 1.807) is 38.2 Å². The lowest BCUT2D eigenvalue weighted by molar-refractivity contribution is 0.0526. The van der Waals surface area contributed by atoms with E-state index < -0.39 is 0 Å². The molecular weight excluding hydrogens is 234 g/mol. The highest BCUT2D eigenvalue weighted by molar-refractivity contribution is 5.89. The molecule has 0 atom stereocenters. The summed E-state index contributed by atoms with van der Waals surface area (Å²) < 4.78 is 11.9. The van der Waals surface area contributed by atoms with Crippen molar-refractivity contribution in [2.75, 3.05) is 6.61 Å². The van der Waals surface area contributed by atoms with E-state index in [0.29, 0.717) is 23.8 Å². The van der Waals surface area contributed by atoms with E-state index in [0.717, 1.165) is 0 Å². The second-order valence-electron chi connectivity index (χ2n) is 3.54. The second kappa shape index (κ2) is 5.31. The Balaban J connectivity index is 2.08. The highest BCUT2D eigenvalue weighted by Gasteiger charge is 2.07. The molecule has 2 aromatic rings. The Kier molecular flexibility index (Phi) is 3.57. The van der Waals surface area contributed by atoms with Crippen molar-refractivity contribution in [1.29, 1.82) is 0 Å². The molecule has 1 aromatic heterocycles. The van der Waals surface area contributed by atoms with Crippen molar-refractivity contribution in [2.24, 2.45) is 7.05 Å². The first-order chi connectivity index (χ1) is 8.70. The van der Waals surface area contributed by atoms with Crippen LogP contribution >= 0.6 is 0 Å². The average molecular weight is 247 g/mol. The molecule has 0 saturated carbocycles. The number of aromatic nitrogens is 3. The lowest BCUT2D eigenvalue weighted by atomic mass is 10.2. The SMILES string of the molecule is CCOC(=O)c1ccc(Oc2cnnn2C)cc1. The minimum atomic E-state index is -0.341. The van der Waals surface area contributed by atoms with Crippen LogP contribution < -0.4 is 4.74 Å². The molecule has 0 fully saturated rings. The number of benzene rings is 1. The van der Waals surface area contributed by atoms with Crippen LogP contribution in [-0.4, -0.2) is 27.6 Å². The number of ether oxygens (including phenoxy) is 2. The zero-order valence-electron chi connectivity index (χ0n) is 10.2. The van der Waals surface area contributed by atoms with E-state index in [-0.39, 0.29) is 5.97 Å². The van der Waals surface area contributed by atoms with Gasteiger partial charge < -0.3 is 9.47 Å². The summed E-state index contributed by atoms with van der Waals surface area (Å²) in [5.74, 6) is 0.790. The lowest BCUT2D eigenvalue weighted by Gasteiger charge is -2.05. The summed E-state index contributed by atoms with van der Waals surface area (Å²) in [7, 11) is 1.73. The van der Waals surface area contributed by atoms with Gasteiger partial charge in [-0.15, -0.1) is 5.10 Å². The normalized spacial score (nSPS) is 10.1. The van der Waals surface area contributed by atoms with Crippen LogP contribution in [0.1, 0.15) is 17.3 Å². The lowest BCUT2D eigenvalue weighted by Crippen LogP contribution is -2.04. The van der Waals surface area contributed by atoms with Gasteiger partial charge in [0.05, 0.1) is 12.2 Å². The zero-order valence-corrected chi connectivity index (χ0v) is 10.2. The summed E-state index contributed by atoms with van der Waals surface area (Å²) in [4.78, 5) is 11.4. The quantitative estimate of drug-likeness (QED) is 0.770. The summed E-state index contributed by atoms with van der Waals surface area (Å²) >= 11 is 0. The smallest absolute Gasteiger partial charge is 0.338 e. The molecule has 94 valence electrons. The summed E-state index contributed by atoms with van der Waals surface area (Å²) in [5.41, 5.74) is 0.493. The molecule has 1 aromatic carbocycles. The third-order valence-electron chi connectivity index (χ3n) is 2.26. The summed E-state index contributed by atoms with van der Waals surface area (Å²) in [6.07, 6.45) is 1.51. The van der Waals surface area contributed by atoms with E-state index in [9.17, 15) is 4.79 Å². The molecular formula is C12H13N3O3. The number of esters is 1. The van der Waals surface area contributed by atoms with Crippen LogP contribution in [0.3, 0.4) is 0 Å². The molecule has 0 aliphatic carbocycles. The van der Waals surface area contributed by atoms with E-state index in [2.05, 4.69) is 10.3 Å². The van der Waals surface area contributed by atoms with Gasteiger partial charge in [0.15, 0.2) is 0 Å². The van der Waals surface area contributed by atoms with E-state index in [1.807, 2.05) is 0 Å². The van der Waals surface area contributed by atoms with Gasteiger partial charge in [-0.2, -0.15) is 0 Å². The van der Waals surface area contributed by atoms with Gasteiger partial charge >= 0.3 is 5.97 Å². The van der Waals surface area contributed by atoms with Crippen molar-refractivity contribution >= 4 is 5.97 Å². The Labute approximate surface area is 104 Å². The Morgan fingerprint density at radius 2 is 2.06 bits per heavy atom. The molecule has 1 heterocycles. The first-order valence-electron chi connectivity index (χ1n) is 5.50. The fraction of sp³-hybridized carbons (Fsp3) is 0.250. The zero-order chi connectivity index (χ0) is 13.0. The number of nitrogens with zero attached hydrogens (tertiary/aromatic N) is 3. The minimum absolute atomic E-state index is 0.341. The number of carbonyl (C=O) groups excluding carboxylic acids is 1. The number of carbonyl (C=O) groups is 1. The highest BCUT2D eigenvalue weighted by atomic mass is 16.5. The Morgan fingerprint density at radius 3 is 2.61 bits per heavy atom. The third-order valence-corrected chi connectivity index (χ3v) is 2.26. The first kappa shape index (κ1) is 12.1. The number of aryl methyl sites for hydroxylation is 1. The molecule has 0 aliphatic heterocycles. The molecule has 0 N–H and O–H groups in total. The van der Waals surface area contributed by atoms with Crippen molar-refractivity contribution in [3.63, 3.8) is 0 Å². The maximum Gasteiger partial charge on any atom is 0.338 e. The molecule has 18 heavy (non-hydrogen) atoms. The van der Waals surface area contributed by atoms with Gasteiger partial charge in [-0.25, -0.2) is 9.48 Å². The second-order valence-corrected chi connectivity index (χ2v) is 3.54. The van der Waals surface area contributed by atoms with Gasteiger partial charge in [0.25, 0.3) is 0 Å². The summed E-state index contributed by atoms with van der Waals surface area (Å²) in [6, 6.07) is 6.69.